The third-order valence-electron chi connectivity index (χ3n) is 2.49. The molecular formula is C10H17N3O. The highest BCUT2D eigenvalue weighted by Gasteiger charge is 2.12. The molecule has 1 fully saturated rings. The zero-order valence-corrected chi connectivity index (χ0v) is 8.57. The molecular weight excluding hydrogens is 178 g/mol. The first kappa shape index (κ1) is 9.68. The summed E-state index contributed by atoms with van der Waals surface area (Å²) in [7, 11) is 1.99. The van der Waals surface area contributed by atoms with Gasteiger partial charge >= 0.3 is 0 Å². The van der Waals surface area contributed by atoms with E-state index >= 15 is 0 Å². The van der Waals surface area contributed by atoms with Gasteiger partial charge in [-0.3, -0.25) is 0 Å². The molecule has 0 aromatic carbocycles. The van der Waals surface area contributed by atoms with Gasteiger partial charge in [0.15, 0.2) is 0 Å². The molecule has 1 N–H and O–H groups in total. The first-order valence-corrected chi connectivity index (χ1v) is 5.12. The van der Waals surface area contributed by atoms with Gasteiger partial charge in [0.1, 0.15) is 0 Å². The molecule has 1 atom stereocenters. The van der Waals surface area contributed by atoms with Crippen molar-refractivity contribution in [3.63, 3.8) is 0 Å². The predicted octanol–water partition coefficient (Wildman–Crippen LogP) is 0.689. The third kappa shape index (κ3) is 2.56. The lowest BCUT2D eigenvalue weighted by atomic mass is 10.1. The molecule has 1 aromatic rings. The molecule has 4 nitrogen and oxygen atoms in total. The number of nitrogens with one attached hydrogen (secondary N) is 1. The maximum absolute atomic E-state index is 5.39. The molecule has 1 aliphatic rings. The molecule has 4 heteroatoms. The molecule has 1 aromatic heterocycles. The van der Waals surface area contributed by atoms with Crippen LogP contribution in [0.15, 0.2) is 12.5 Å². The van der Waals surface area contributed by atoms with Crippen LogP contribution in [-0.4, -0.2) is 28.8 Å². The Kier molecular flexibility index (Phi) is 3.16. The van der Waals surface area contributed by atoms with E-state index < -0.39 is 0 Å². The molecule has 2 heterocycles. The van der Waals surface area contributed by atoms with E-state index in [9.17, 15) is 0 Å². The van der Waals surface area contributed by atoms with Crippen LogP contribution in [0.1, 0.15) is 18.5 Å². The molecule has 0 spiro atoms. The molecule has 1 aliphatic heterocycles. The van der Waals surface area contributed by atoms with Crippen molar-refractivity contribution in [1.29, 1.82) is 0 Å². The lowest BCUT2D eigenvalue weighted by Crippen LogP contribution is -2.36. The fraction of sp³-hybridized carbons (Fsp3) is 0.700. The quantitative estimate of drug-likeness (QED) is 0.771. The Bertz CT molecular complexity index is 279. The summed E-state index contributed by atoms with van der Waals surface area (Å²) in [4.78, 5) is 4.26. The summed E-state index contributed by atoms with van der Waals surface area (Å²) in [5.74, 6) is 0. The van der Waals surface area contributed by atoms with Crippen molar-refractivity contribution in [2.45, 2.75) is 25.4 Å². The largest absolute Gasteiger partial charge is 0.380 e. The Morgan fingerprint density at radius 2 is 2.64 bits per heavy atom. The van der Waals surface area contributed by atoms with Gasteiger partial charge in [0, 0.05) is 32.4 Å². The van der Waals surface area contributed by atoms with Gasteiger partial charge in [-0.2, -0.15) is 0 Å². The molecule has 78 valence electrons. The first-order valence-electron chi connectivity index (χ1n) is 5.12. The van der Waals surface area contributed by atoms with Crippen LogP contribution in [0.3, 0.4) is 0 Å². The highest BCUT2D eigenvalue weighted by Crippen LogP contribution is 2.06. The summed E-state index contributed by atoms with van der Waals surface area (Å²) in [5.41, 5.74) is 1.10. The molecule has 0 amide bonds. The minimum atomic E-state index is 0.505. The van der Waals surface area contributed by atoms with Crippen molar-refractivity contribution < 1.29 is 4.74 Å². The summed E-state index contributed by atoms with van der Waals surface area (Å²) in [6, 6.07) is 0.505. The monoisotopic (exact) mass is 195 g/mol. The van der Waals surface area contributed by atoms with E-state index in [0.29, 0.717) is 6.04 Å². The normalized spacial score (nSPS) is 22.5. The smallest absolute Gasteiger partial charge is 0.0947 e. The van der Waals surface area contributed by atoms with Gasteiger partial charge in [0.05, 0.1) is 18.6 Å². The predicted molar refractivity (Wildman–Crippen MR) is 53.9 cm³/mol. The maximum atomic E-state index is 5.39. The minimum absolute atomic E-state index is 0.505. The minimum Gasteiger partial charge on any atom is -0.380 e. The van der Waals surface area contributed by atoms with Crippen LogP contribution in [0.5, 0.6) is 0 Å². The van der Waals surface area contributed by atoms with Gasteiger partial charge in [0.2, 0.25) is 0 Å². The van der Waals surface area contributed by atoms with Crippen molar-refractivity contribution in [3.8, 4) is 0 Å². The van der Waals surface area contributed by atoms with Crippen LogP contribution in [0, 0.1) is 0 Å². The summed E-state index contributed by atoms with van der Waals surface area (Å²) in [6.45, 7) is 2.60. The first-order chi connectivity index (χ1) is 6.84. The summed E-state index contributed by atoms with van der Waals surface area (Å²) >= 11 is 0. The van der Waals surface area contributed by atoms with Crippen LogP contribution in [0.25, 0.3) is 0 Å². The van der Waals surface area contributed by atoms with Crippen LogP contribution in [0.4, 0.5) is 0 Å². The van der Waals surface area contributed by atoms with Crippen molar-refractivity contribution >= 4 is 0 Å². The lowest BCUT2D eigenvalue weighted by molar-refractivity contribution is 0.0698. The summed E-state index contributed by atoms with van der Waals surface area (Å²) in [5, 5.41) is 3.45. The molecule has 1 saturated heterocycles. The Labute approximate surface area is 84.3 Å². The van der Waals surface area contributed by atoms with Gasteiger partial charge in [-0.1, -0.05) is 0 Å². The van der Waals surface area contributed by atoms with E-state index in [2.05, 4.69) is 10.3 Å². The Morgan fingerprint density at radius 3 is 3.29 bits per heavy atom. The number of ether oxygens (including phenoxy) is 1. The zero-order valence-electron chi connectivity index (χ0n) is 8.57. The number of hydrogen-bond donors (Lipinski definition) is 1. The van der Waals surface area contributed by atoms with Crippen molar-refractivity contribution in [1.82, 2.24) is 14.9 Å². The van der Waals surface area contributed by atoms with Crippen LogP contribution < -0.4 is 5.32 Å². The highest BCUT2D eigenvalue weighted by atomic mass is 16.5. The standard InChI is InChI=1S/C10H17N3O/c1-13-6-10(12-8-13)5-11-9-3-2-4-14-7-9/h6,8-9,11H,2-5,7H2,1H3/t9-/m0/s1. The van der Waals surface area contributed by atoms with Crippen molar-refractivity contribution in [2.75, 3.05) is 13.2 Å². The fourth-order valence-electron chi connectivity index (χ4n) is 1.71. The van der Waals surface area contributed by atoms with E-state index in [0.717, 1.165) is 25.5 Å². The van der Waals surface area contributed by atoms with Gasteiger partial charge in [-0.05, 0) is 12.8 Å². The average Bonchev–Trinajstić information content (AvgIpc) is 2.63. The number of nitrogens with zero attached hydrogens (tertiary/aromatic N) is 2. The summed E-state index contributed by atoms with van der Waals surface area (Å²) < 4.78 is 7.35. The third-order valence-corrected chi connectivity index (χ3v) is 2.49. The van der Waals surface area contributed by atoms with E-state index in [1.807, 2.05) is 24.1 Å². The molecule has 2 rings (SSSR count). The average molecular weight is 195 g/mol. The molecule has 0 saturated carbocycles. The maximum Gasteiger partial charge on any atom is 0.0947 e. The highest BCUT2D eigenvalue weighted by molar-refractivity contribution is 4.95. The lowest BCUT2D eigenvalue weighted by Gasteiger charge is -2.22. The number of aromatic nitrogens is 2. The van der Waals surface area contributed by atoms with Gasteiger partial charge in [-0.25, -0.2) is 4.98 Å². The molecule has 0 bridgehead atoms. The van der Waals surface area contributed by atoms with Crippen LogP contribution >= 0.6 is 0 Å². The molecule has 0 aliphatic carbocycles. The number of hydrogen-bond acceptors (Lipinski definition) is 3. The Balaban J connectivity index is 1.76. The number of aryl methyl sites for hydroxylation is 1. The van der Waals surface area contributed by atoms with E-state index in [4.69, 9.17) is 4.74 Å². The van der Waals surface area contributed by atoms with Crippen LogP contribution in [0.2, 0.25) is 0 Å². The number of rotatable bonds is 3. The van der Waals surface area contributed by atoms with Crippen LogP contribution in [-0.2, 0) is 18.3 Å². The topological polar surface area (TPSA) is 39.1 Å². The Morgan fingerprint density at radius 1 is 1.71 bits per heavy atom. The van der Waals surface area contributed by atoms with E-state index in [1.165, 1.54) is 12.8 Å². The van der Waals surface area contributed by atoms with E-state index in [-0.39, 0.29) is 0 Å². The van der Waals surface area contributed by atoms with Gasteiger partial charge < -0.3 is 14.6 Å². The second-order valence-electron chi connectivity index (χ2n) is 3.83. The van der Waals surface area contributed by atoms with Crippen molar-refractivity contribution in [2.24, 2.45) is 7.05 Å². The second kappa shape index (κ2) is 4.57. The SMILES string of the molecule is Cn1cnc(CN[C@H]2CCCOC2)c1. The fourth-order valence-corrected chi connectivity index (χ4v) is 1.71. The van der Waals surface area contributed by atoms with E-state index in [1.54, 1.807) is 0 Å². The molecule has 0 radical (unpaired) electrons. The summed E-state index contributed by atoms with van der Waals surface area (Å²) in [6.07, 6.45) is 6.25. The molecule has 14 heavy (non-hydrogen) atoms. The Hall–Kier alpha value is -0.870. The van der Waals surface area contributed by atoms with Gasteiger partial charge in [0.25, 0.3) is 0 Å². The zero-order chi connectivity index (χ0) is 9.80. The second-order valence-corrected chi connectivity index (χ2v) is 3.83. The van der Waals surface area contributed by atoms with Crippen molar-refractivity contribution in [3.05, 3.63) is 18.2 Å². The number of imidazole rings is 1. The van der Waals surface area contributed by atoms with Gasteiger partial charge in [-0.15, -0.1) is 0 Å². The molecule has 0 unspecified atom stereocenters.